The van der Waals surface area contributed by atoms with Crippen LogP contribution in [0.2, 0.25) is 0 Å². The Bertz CT molecular complexity index is 1660. The Morgan fingerprint density at radius 3 is 1.83 bits per heavy atom. The summed E-state index contributed by atoms with van der Waals surface area (Å²) in [7, 11) is 0. The van der Waals surface area contributed by atoms with Crippen molar-refractivity contribution >= 4 is 0 Å². The molecular formula is C33H23F7O2. The lowest BCUT2D eigenvalue weighted by atomic mass is 9.86. The van der Waals surface area contributed by atoms with Crippen LogP contribution in [0.5, 0.6) is 11.5 Å². The molecule has 0 aliphatic heterocycles. The first-order chi connectivity index (χ1) is 20.1. The van der Waals surface area contributed by atoms with Gasteiger partial charge in [0.25, 0.3) is 0 Å². The summed E-state index contributed by atoms with van der Waals surface area (Å²) >= 11 is 0. The highest BCUT2D eigenvalue weighted by Crippen LogP contribution is 2.57. The van der Waals surface area contributed by atoms with E-state index in [9.17, 15) is 17.6 Å². The van der Waals surface area contributed by atoms with Crippen molar-refractivity contribution < 1.29 is 40.2 Å². The Labute approximate surface area is 237 Å². The Hall–Kier alpha value is -4.27. The lowest BCUT2D eigenvalue weighted by Crippen LogP contribution is -2.42. The topological polar surface area (TPSA) is 18.5 Å². The number of ether oxygens (including phenoxy) is 2. The van der Waals surface area contributed by atoms with E-state index in [-0.39, 0.29) is 33.9 Å². The number of rotatable bonds is 8. The van der Waals surface area contributed by atoms with E-state index in [1.807, 2.05) is 6.08 Å². The second-order valence-corrected chi connectivity index (χ2v) is 10.6. The molecule has 1 saturated carbocycles. The molecule has 4 aromatic carbocycles. The third-order valence-electron chi connectivity index (χ3n) is 8.05. The first-order valence-electron chi connectivity index (χ1n) is 13.2. The van der Waals surface area contributed by atoms with Crippen LogP contribution in [0.15, 0.2) is 84.9 Å². The van der Waals surface area contributed by atoms with Crippen molar-refractivity contribution in [2.24, 2.45) is 11.3 Å². The van der Waals surface area contributed by atoms with Gasteiger partial charge >= 0.3 is 6.11 Å². The van der Waals surface area contributed by atoms with Crippen LogP contribution in [-0.2, 0) is 0 Å². The normalized spacial score (nSPS) is 19.4. The standard InChI is InChI=1S/C33H23F7O2/c34-18-41-31-29(37)15-23(16-30(31)38)26-8-4-22(14-28(26)36)25-7-3-21(13-27(25)35)20-1-5-24(6-2-20)42-33(39,40)32-11-9-19(17-32)10-12-32/h1-9,11,13-16,19H,10,12,17-18H2/t19?,32-/m1/s1. The Balaban J connectivity index is 1.20. The smallest absolute Gasteiger partial charge is 0.407 e. The fourth-order valence-electron chi connectivity index (χ4n) is 5.83. The summed E-state index contributed by atoms with van der Waals surface area (Å²) in [5.74, 6) is -4.66. The van der Waals surface area contributed by atoms with Crippen LogP contribution in [-0.4, -0.2) is 13.0 Å². The van der Waals surface area contributed by atoms with E-state index < -0.39 is 47.4 Å². The van der Waals surface area contributed by atoms with Gasteiger partial charge in [-0.1, -0.05) is 48.6 Å². The van der Waals surface area contributed by atoms with Crippen molar-refractivity contribution in [3.05, 3.63) is 108 Å². The van der Waals surface area contributed by atoms with Gasteiger partial charge in [-0.3, -0.25) is 0 Å². The first kappa shape index (κ1) is 27.9. The summed E-state index contributed by atoms with van der Waals surface area (Å²) in [4.78, 5) is 0. The average Bonchev–Trinajstić information content (AvgIpc) is 3.59. The Kier molecular flexibility index (Phi) is 6.99. The fraction of sp³-hybridized carbons (Fsp3) is 0.212. The molecule has 6 rings (SSSR count). The number of hydrogen-bond donors (Lipinski definition) is 0. The third-order valence-corrected chi connectivity index (χ3v) is 8.05. The molecule has 4 aromatic rings. The van der Waals surface area contributed by atoms with E-state index >= 15 is 13.2 Å². The second kappa shape index (κ2) is 10.5. The van der Waals surface area contributed by atoms with E-state index in [2.05, 4.69) is 4.74 Å². The maximum Gasteiger partial charge on any atom is 0.407 e. The lowest BCUT2D eigenvalue weighted by Gasteiger charge is -2.33. The van der Waals surface area contributed by atoms with Gasteiger partial charge in [0.05, 0.1) is 5.41 Å². The second-order valence-electron chi connectivity index (χ2n) is 10.6. The average molecular weight is 585 g/mol. The van der Waals surface area contributed by atoms with Crippen molar-refractivity contribution in [2.75, 3.05) is 6.86 Å². The minimum Gasteiger partial charge on any atom is -0.457 e. The first-order valence-corrected chi connectivity index (χ1v) is 13.2. The Morgan fingerprint density at radius 1 is 0.714 bits per heavy atom. The van der Waals surface area contributed by atoms with Crippen molar-refractivity contribution in [1.82, 2.24) is 0 Å². The summed E-state index contributed by atoms with van der Waals surface area (Å²) < 4.78 is 110. The van der Waals surface area contributed by atoms with Crippen LogP contribution in [0.1, 0.15) is 19.3 Å². The van der Waals surface area contributed by atoms with Gasteiger partial charge < -0.3 is 9.47 Å². The predicted molar refractivity (Wildman–Crippen MR) is 144 cm³/mol. The van der Waals surface area contributed by atoms with Gasteiger partial charge in [-0.05, 0) is 83.8 Å². The van der Waals surface area contributed by atoms with Gasteiger partial charge in [-0.25, -0.2) is 22.0 Å². The summed E-state index contributed by atoms with van der Waals surface area (Å²) in [6.45, 7) is -1.43. The molecule has 2 bridgehead atoms. The number of halogens is 7. The van der Waals surface area contributed by atoms with Gasteiger partial charge in [-0.15, -0.1) is 0 Å². The molecule has 2 atom stereocenters. The van der Waals surface area contributed by atoms with E-state index in [0.717, 1.165) is 24.6 Å². The van der Waals surface area contributed by atoms with Crippen LogP contribution < -0.4 is 9.47 Å². The zero-order valence-corrected chi connectivity index (χ0v) is 22.0. The molecule has 0 amide bonds. The van der Waals surface area contributed by atoms with E-state index in [4.69, 9.17) is 4.74 Å². The summed E-state index contributed by atoms with van der Waals surface area (Å²) in [5, 5.41) is 0. The highest BCUT2D eigenvalue weighted by Gasteiger charge is 2.60. The quantitative estimate of drug-likeness (QED) is 0.152. The molecular weight excluding hydrogens is 561 g/mol. The van der Waals surface area contributed by atoms with Gasteiger partial charge in [0.15, 0.2) is 17.4 Å². The summed E-state index contributed by atoms with van der Waals surface area (Å²) in [6, 6.07) is 15.5. The van der Waals surface area contributed by atoms with Gasteiger partial charge in [0.1, 0.15) is 17.4 Å². The zero-order chi connectivity index (χ0) is 29.6. The number of benzene rings is 4. The number of hydrogen-bond acceptors (Lipinski definition) is 2. The van der Waals surface area contributed by atoms with Crippen molar-refractivity contribution in [3.63, 3.8) is 0 Å². The highest BCUT2D eigenvalue weighted by molar-refractivity contribution is 5.74. The minimum atomic E-state index is -3.36. The summed E-state index contributed by atoms with van der Waals surface area (Å²) in [5.41, 5.74) is -0.302. The Morgan fingerprint density at radius 2 is 1.29 bits per heavy atom. The van der Waals surface area contributed by atoms with E-state index in [1.54, 1.807) is 24.3 Å². The molecule has 0 saturated heterocycles. The molecule has 9 heteroatoms. The van der Waals surface area contributed by atoms with Gasteiger partial charge in [0, 0.05) is 11.1 Å². The highest BCUT2D eigenvalue weighted by atomic mass is 19.3. The minimum absolute atomic E-state index is 0.00104. The third kappa shape index (κ3) is 4.91. The molecule has 2 aliphatic rings. The molecule has 0 aromatic heterocycles. The van der Waals surface area contributed by atoms with Crippen LogP contribution in [0, 0.1) is 34.6 Å². The SMILES string of the molecule is FCOc1c(F)cc(-c2ccc(-c3ccc(-c4ccc(OC(F)(F)[C@]56C=CC(CC5)C6)cc4)cc3F)cc2F)cc1F. The van der Waals surface area contributed by atoms with Crippen molar-refractivity contribution in [1.29, 1.82) is 0 Å². The maximum absolute atomic E-state index is 15.2. The fourth-order valence-corrected chi connectivity index (χ4v) is 5.83. The molecule has 2 aliphatic carbocycles. The van der Waals surface area contributed by atoms with Crippen LogP contribution in [0.3, 0.4) is 0 Å². The molecule has 1 unspecified atom stereocenters. The maximum atomic E-state index is 15.2. The van der Waals surface area contributed by atoms with Crippen LogP contribution in [0.4, 0.5) is 30.7 Å². The largest absolute Gasteiger partial charge is 0.457 e. The van der Waals surface area contributed by atoms with Crippen LogP contribution >= 0.6 is 0 Å². The van der Waals surface area contributed by atoms with Crippen LogP contribution in [0.25, 0.3) is 33.4 Å². The summed E-state index contributed by atoms with van der Waals surface area (Å²) in [6.07, 6.45) is 1.51. The van der Waals surface area contributed by atoms with Gasteiger partial charge in [0.2, 0.25) is 6.86 Å². The predicted octanol–water partition coefficient (Wildman–Crippen LogP) is 9.88. The van der Waals surface area contributed by atoms with Gasteiger partial charge in [-0.2, -0.15) is 8.78 Å². The monoisotopic (exact) mass is 584 g/mol. The molecule has 0 heterocycles. The molecule has 216 valence electrons. The van der Waals surface area contributed by atoms with Crippen molar-refractivity contribution in [3.8, 4) is 44.9 Å². The molecule has 0 spiro atoms. The number of fused-ring (bicyclic) bond motifs is 2. The number of alkyl halides is 3. The van der Waals surface area contributed by atoms with E-state index in [0.29, 0.717) is 24.0 Å². The molecule has 2 nitrogen and oxygen atoms in total. The molecule has 0 radical (unpaired) electrons. The van der Waals surface area contributed by atoms with E-state index in [1.165, 1.54) is 36.4 Å². The zero-order valence-electron chi connectivity index (χ0n) is 22.0. The molecule has 0 N–H and O–H groups in total. The lowest BCUT2D eigenvalue weighted by molar-refractivity contribution is -0.241. The molecule has 42 heavy (non-hydrogen) atoms. The van der Waals surface area contributed by atoms with Crippen molar-refractivity contribution in [2.45, 2.75) is 25.4 Å². The number of allylic oxidation sites excluding steroid dienone is 1. The molecule has 1 fully saturated rings.